The minimum Gasteiger partial charge on any atom is -0.310 e. The Kier molecular flexibility index (Phi) is 3.22. The Hall–Kier alpha value is -0.0800. The van der Waals surface area contributed by atoms with Crippen molar-refractivity contribution in [3.8, 4) is 0 Å². The molecular formula is C16H30N2. The quantitative estimate of drug-likeness (QED) is 0.810. The Bertz CT molecular complexity index is 308. The first-order chi connectivity index (χ1) is 8.49. The highest BCUT2D eigenvalue weighted by atomic mass is 15.2. The van der Waals surface area contributed by atoms with Gasteiger partial charge in [0, 0.05) is 18.1 Å². The highest BCUT2D eigenvalue weighted by Gasteiger charge is 2.45. The van der Waals surface area contributed by atoms with Gasteiger partial charge in [-0.15, -0.1) is 0 Å². The van der Waals surface area contributed by atoms with Crippen LogP contribution in [0.4, 0.5) is 0 Å². The predicted octanol–water partition coefficient (Wildman–Crippen LogP) is 3.03. The van der Waals surface area contributed by atoms with Crippen LogP contribution in [0.15, 0.2) is 0 Å². The maximum absolute atomic E-state index is 3.85. The maximum atomic E-state index is 3.85. The summed E-state index contributed by atoms with van der Waals surface area (Å²) in [6.07, 6.45) is 8.49. The van der Waals surface area contributed by atoms with E-state index in [0.717, 1.165) is 12.0 Å². The molecule has 2 atom stereocenters. The molecule has 0 aromatic heterocycles. The average Bonchev–Trinajstić information content (AvgIpc) is 3.08. The summed E-state index contributed by atoms with van der Waals surface area (Å²) in [5.41, 5.74) is 0.990. The minimum atomic E-state index is 0.406. The Morgan fingerprint density at radius 2 is 1.89 bits per heavy atom. The third kappa shape index (κ3) is 2.60. The second-order valence-electron chi connectivity index (χ2n) is 8.00. The van der Waals surface area contributed by atoms with E-state index in [0.29, 0.717) is 11.0 Å². The minimum absolute atomic E-state index is 0.406. The van der Waals surface area contributed by atoms with Gasteiger partial charge in [-0.2, -0.15) is 0 Å². The van der Waals surface area contributed by atoms with Crippen molar-refractivity contribution in [2.45, 2.75) is 70.9 Å². The van der Waals surface area contributed by atoms with Crippen LogP contribution in [0.5, 0.6) is 0 Å². The number of nitrogens with one attached hydrogen (secondary N) is 1. The van der Waals surface area contributed by atoms with Gasteiger partial charge in [0.25, 0.3) is 0 Å². The Balaban J connectivity index is 1.68. The zero-order valence-electron chi connectivity index (χ0n) is 12.5. The highest BCUT2D eigenvalue weighted by molar-refractivity contribution is 5.02. The van der Waals surface area contributed by atoms with Gasteiger partial charge in [-0.05, 0) is 69.9 Å². The molecule has 0 bridgehead atoms. The molecule has 0 radical (unpaired) electrons. The molecule has 0 amide bonds. The second kappa shape index (κ2) is 4.49. The first-order valence-electron chi connectivity index (χ1n) is 7.98. The van der Waals surface area contributed by atoms with Gasteiger partial charge in [0.15, 0.2) is 0 Å². The summed E-state index contributed by atoms with van der Waals surface area (Å²) < 4.78 is 0. The van der Waals surface area contributed by atoms with E-state index < -0.39 is 0 Å². The molecule has 3 fully saturated rings. The summed E-state index contributed by atoms with van der Waals surface area (Å²) >= 11 is 0. The predicted molar refractivity (Wildman–Crippen MR) is 76.7 cm³/mol. The van der Waals surface area contributed by atoms with E-state index in [2.05, 4.69) is 31.0 Å². The van der Waals surface area contributed by atoms with E-state index in [1.165, 1.54) is 58.2 Å². The summed E-state index contributed by atoms with van der Waals surface area (Å²) in [6, 6.07) is 0.859. The van der Waals surface area contributed by atoms with Crippen molar-refractivity contribution in [2.24, 2.45) is 11.3 Å². The summed E-state index contributed by atoms with van der Waals surface area (Å²) in [4.78, 5) is 2.83. The standard InChI is InChI=1S/C16H30N2/c1-15(2)8-7-14(11-15)18-10-4-9-17-16(3,12-18)13-5-6-13/h13-14,17H,4-12H2,1-3H3. The first-order valence-corrected chi connectivity index (χ1v) is 7.98. The van der Waals surface area contributed by atoms with Gasteiger partial charge >= 0.3 is 0 Å². The molecule has 2 nitrogen and oxygen atoms in total. The summed E-state index contributed by atoms with van der Waals surface area (Å²) in [6.45, 7) is 11.2. The van der Waals surface area contributed by atoms with Crippen molar-refractivity contribution in [1.82, 2.24) is 10.2 Å². The fraction of sp³-hybridized carbons (Fsp3) is 1.00. The second-order valence-corrected chi connectivity index (χ2v) is 8.00. The molecule has 1 aliphatic heterocycles. The molecule has 3 aliphatic rings. The van der Waals surface area contributed by atoms with E-state index in [1.807, 2.05) is 0 Å². The van der Waals surface area contributed by atoms with Crippen LogP contribution in [-0.2, 0) is 0 Å². The maximum Gasteiger partial charge on any atom is 0.0308 e. The van der Waals surface area contributed by atoms with E-state index in [4.69, 9.17) is 0 Å². The molecule has 1 heterocycles. The third-order valence-electron chi connectivity index (χ3n) is 5.62. The van der Waals surface area contributed by atoms with Gasteiger partial charge < -0.3 is 5.32 Å². The molecule has 2 aliphatic carbocycles. The highest BCUT2D eigenvalue weighted by Crippen LogP contribution is 2.43. The van der Waals surface area contributed by atoms with Crippen LogP contribution in [0.2, 0.25) is 0 Å². The van der Waals surface area contributed by atoms with Crippen LogP contribution in [0, 0.1) is 11.3 Å². The lowest BCUT2D eigenvalue weighted by atomic mass is 9.91. The van der Waals surface area contributed by atoms with Gasteiger partial charge in [0.2, 0.25) is 0 Å². The van der Waals surface area contributed by atoms with E-state index in [1.54, 1.807) is 0 Å². The monoisotopic (exact) mass is 250 g/mol. The number of hydrogen-bond acceptors (Lipinski definition) is 2. The molecule has 104 valence electrons. The van der Waals surface area contributed by atoms with Crippen LogP contribution in [0.1, 0.15) is 59.3 Å². The van der Waals surface area contributed by atoms with E-state index in [9.17, 15) is 0 Å². The molecule has 2 heteroatoms. The van der Waals surface area contributed by atoms with Gasteiger partial charge in [-0.25, -0.2) is 0 Å². The molecule has 0 spiro atoms. The fourth-order valence-corrected chi connectivity index (χ4v) is 4.23. The lowest BCUT2D eigenvalue weighted by Gasteiger charge is -2.37. The van der Waals surface area contributed by atoms with Crippen molar-refractivity contribution in [3.05, 3.63) is 0 Å². The largest absolute Gasteiger partial charge is 0.310 e. The zero-order valence-corrected chi connectivity index (χ0v) is 12.5. The van der Waals surface area contributed by atoms with Crippen molar-refractivity contribution in [3.63, 3.8) is 0 Å². The Labute approximate surface area is 113 Å². The summed E-state index contributed by atoms with van der Waals surface area (Å²) in [5, 5.41) is 3.85. The molecule has 0 aromatic carbocycles. The van der Waals surface area contributed by atoms with Gasteiger partial charge in [-0.3, -0.25) is 4.90 Å². The zero-order chi connectivity index (χ0) is 12.8. The molecule has 2 saturated carbocycles. The molecule has 18 heavy (non-hydrogen) atoms. The van der Waals surface area contributed by atoms with E-state index in [-0.39, 0.29) is 0 Å². The van der Waals surface area contributed by atoms with Crippen molar-refractivity contribution in [2.75, 3.05) is 19.6 Å². The third-order valence-corrected chi connectivity index (χ3v) is 5.62. The Morgan fingerprint density at radius 1 is 1.11 bits per heavy atom. The SMILES string of the molecule is CC1(C)CCC(N2CCCNC(C)(C3CC3)C2)C1. The van der Waals surface area contributed by atoms with Crippen LogP contribution in [-0.4, -0.2) is 36.1 Å². The van der Waals surface area contributed by atoms with Crippen LogP contribution in [0.3, 0.4) is 0 Å². The van der Waals surface area contributed by atoms with E-state index >= 15 is 0 Å². The lowest BCUT2D eigenvalue weighted by molar-refractivity contribution is 0.145. The van der Waals surface area contributed by atoms with Crippen molar-refractivity contribution < 1.29 is 0 Å². The first kappa shape index (κ1) is 12.9. The lowest BCUT2D eigenvalue weighted by Crippen LogP contribution is -2.52. The smallest absolute Gasteiger partial charge is 0.0308 e. The Morgan fingerprint density at radius 3 is 2.50 bits per heavy atom. The molecule has 1 N–H and O–H groups in total. The molecular weight excluding hydrogens is 220 g/mol. The van der Waals surface area contributed by atoms with Crippen LogP contribution < -0.4 is 5.32 Å². The topological polar surface area (TPSA) is 15.3 Å². The molecule has 0 aromatic rings. The van der Waals surface area contributed by atoms with Gasteiger partial charge in [0.1, 0.15) is 0 Å². The summed E-state index contributed by atoms with van der Waals surface area (Å²) in [5.74, 6) is 0.951. The van der Waals surface area contributed by atoms with Gasteiger partial charge in [-0.1, -0.05) is 13.8 Å². The molecule has 2 unspecified atom stereocenters. The number of nitrogens with zero attached hydrogens (tertiary/aromatic N) is 1. The van der Waals surface area contributed by atoms with Crippen LogP contribution >= 0.6 is 0 Å². The fourth-order valence-electron chi connectivity index (χ4n) is 4.23. The average molecular weight is 250 g/mol. The summed E-state index contributed by atoms with van der Waals surface area (Å²) in [7, 11) is 0. The normalized spacial score (nSPS) is 41.8. The number of rotatable bonds is 2. The van der Waals surface area contributed by atoms with Crippen molar-refractivity contribution >= 4 is 0 Å². The van der Waals surface area contributed by atoms with Gasteiger partial charge in [0.05, 0.1) is 0 Å². The van der Waals surface area contributed by atoms with Crippen molar-refractivity contribution in [1.29, 1.82) is 0 Å². The molecule has 1 saturated heterocycles. The molecule has 3 rings (SSSR count). The number of hydrogen-bond donors (Lipinski definition) is 1. The van der Waals surface area contributed by atoms with Crippen LogP contribution in [0.25, 0.3) is 0 Å².